The van der Waals surface area contributed by atoms with Gasteiger partial charge in [0.1, 0.15) is 0 Å². The summed E-state index contributed by atoms with van der Waals surface area (Å²) in [5.74, 6) is -2.34. The molecular weight excluding hydrogens is 382 g/mol. The SMILES string of the molecule is CC1(C)CN(C(=O)CC2CCC(F)(F)CC2)Cc2sc(N3CCNCC3)nc21. The van der Waals surface area contributed by atoms with E-state index in [9.17, 15) is 13.6 Å². The van der Waals surface area contributed by atoms with Crippen LogP contribution in [0.25, 0.3) is 0 Å². The van der Waals surface area contributed by atoms with E-state index in [4.69, 9.17) is 4.98 Å². The van der Waals surface area contributed by atoms with Crippen LogP contribution in [0.15, 0.2) is 0 Å². The molecule has 2 aliphatic heterocycles. The van der Waals surface area contributed by atoms with Crippen LogP contribution in [0.2, 0.25) is 0 Å². The van der Waals surface area contributed by atoms with E-state index in [0.29, 0.717) is 32.4 Å². The largest absolute Gasteiger partial charge is 0.346 e. The molecule has 2 fully saturated rings. The molecule has 3 heterocycles. The second-order valence-electron chi connectivity index (χ2n) is 9.14. The molecule has 0 unspecified atom stereocenters. The van der Waals surface area contributed by atoms with E-state index in [-0.39, 0.29) is 30.1 Å². The van der Waals surface area contributed by atoms with E-state index in [2.05, 4.69) is 24.1 Å². The van der Waals surface area contributed by atoms with Crippen molar-refractivity contribution < 1.29 is 13.6 Å². The fourth-order valence-corrected chi connectivity index (χ4v) is 5.91. The van der Waals surface area contributed by atoms with Gasteiger partial charge in [-0.05, 0) is 18.8 Å². The smallest absolute Gasteiger partial charge is 0.248 e. The summed E-state index contributed by atoms with van der Waals surface area (Å²) in [6.45, 7) is 9.40. The fraction of sp³-hybridized carbons (Fsp3) is 0.800. The second-order valence-corrected chi connectivity index (χ2v) is 10.2. The van der Waals surface area contributed by atoms with Crippen molar-refractivity contribution in [2.45, 2.75) is 63.8 Å². The summed E-state index contributed by atoms with van der Waals surface area (Å²) >= 11 is 1.71. The quantitative estimate of drug-likeness (QED) is 0.827. The van der Waals surface area contributed by atoms with Crippen LogP contribution < -0.4 is 10.2 Å². The first-order valence-corrected chi connectivity index (χ1v) is 11.2. The van der Waals surface area contributed by atoms with Gasteiger partial charge in [-0.25, -0.2) is 13.8 Å². The number of anilines is 1. The van der Waals surface area contributed by atoms with E-state index in [1.165, 1.54) is 4.88 Å². The first-order chi connectivity index (χ1) is 13.2. The van der Waals surface area contributed by atoms with Crippen LogP contribution in [0.3, 0.4) is 0 Å². The summed E-state index contributed by atoms with van der Waals surface area (Å²) in [6, 6.07) is 0. The molecule has 5 nitrogen and oxygen atoms in total. The predicted octanol–water partition coefficient (Wildman–Crippen LogP) is 3.39. The number of rotatable bonds is 3. The highest BCUT2D eigenvalue weighted by atomic mass is 32.1. The van der Waals surface area contributed by atoms with Gasteiger partial charge in [-0.15, -0.1) is 0 Å². The van der Waals surface area contributed by atoms with Gasteiger partial charge in [0.25, 0.3) is 0 Å². The maximum Gasteiger partial charge on any atom is 0.248 e. The summed E-state index contributed by atoms with van der Waals surface area (Å²) in [7, 11) is 0. The van der Waals surface area contributed by atoms with Crippen molar-refractivity contribution >= 4 is 22.4 Å². The summed E-state index contributed by atoms with van der Waals surface area (Å²) in [5, 5.41) is 4.42. The van der Waals surface area contributed by atoms with Gasteiger partial charge in [-0.3, -0.25) is 4.79 Å². The van der Waals surface area contributed by atoms with Crippen molar-refractivity contribution in [3.63, 3.8) is 0 Å². The Morgan fingerprint density at radius 1 is 1.25 bits per heavy atom. The minimum atomic E-state index is -2.54. The average Bonchev–Trinajstić information content (AvgIpc) is 3.09. The van der Waals surface area contributed by atoms with Crippen LogP contribution in [-0.4, -0.2) is 54.4 Å². The van der Waals surface area contributed by atoms with Crippen molar-refractivity contribution in [3.8, 4) is 0 Å². The van der Waals surface area contributed by atoms with Crippen LogP contribution in [0.1, 0.15) is 56.5 Å². The molecule has 156 valence electrons. The van der Waals surface area contributed by atoms with Crippen molar-refractivity contribution in [1.29, 1.82) is 0 Å². The third-order valence-electron chi connectivity index (χ3n) is 6.29. The number of hydrogen-bond acceptors (Lipinski definition) is 5. The summed E-state index contributed by atoms with van der Waals surface area (Å²) in [4.78, 5) is 23.3. The van der Waals surface area contributed by atoms with Crippen LogP contribution in [0.5, 0.6) is 0 Å². The van der Waals surface area contributed by atoms with Crippen molar-refractivity contribution in [3.05, 3.63) is 10.6 Å². The zero-order valence-corrected chi connectivity index (χ0v) is 17.6. The Morgan fingerprint density at radius 2 is 1.93 bits per heavy atom. The highest BCUT2D eigenvalue weighted by Crippen LogP contribution is 2.41. The first kappa shape index (κ1) is 20.0. The molecule has 1 amide bonds. The molecule has 1 aromatic heterocycles. The number of nitrogens with one attached hydrogen (secondary N) is 1. The second kappa shape index (κ2) is 7.52. The van der Waals surface area contributed by atoms with Crippen LogP contribution in [0.4, 0.5) is 13.9 Å². The number of halogens is 2. The van der Waals surface area contributed by atoms with Crippen molar-refractivity contribution in [2.75, 3.05) is 37.6 Å². The number of carbonyl (C=O) groups is 1. The van der Waals surface area contributed by atoms with Crippen molar-refractivity contribution in [1.82, 2.24) is 15.2 Å². The molecule has 3 aliphatic rings. The summed E-state index contributed by atoms with van der Waals surface area (Å²) in [5.41, 5.74) is 0.929. The monoisotopic (exact) mass is 412 g/mol. The normalized spacial score (nSPS) is 24.9. The van der Waals surface area contributed by atoms with Gasteiger partial charge in [0.2, 0.25) is 11.8 Å². The molecule has 8 heteroatoms. The standard InChI is InChI=1S/C20H30F2N4OS/c1-19(2)13-26(16(27)11-14-3-5-20(21,22)6-4-14)12-15-17(19)24-18(28-15)25-9-7-23-8-10-25/h14,23H,3-13H2,1-2H3. The molecule has 1 saturated carbocycles. The number of aromatic nitrogens is 1. The van der Waals surface area contributed by atoms with Crippen LogP contribution in [0, 0.1) is 5.92 Å². The van der Waals surface area contributed by atoms with E-state index in [1.54, 1.807) is 11.3 Å². The molecule has 4 rings (SSSR count). The maximum atomic E-state index is 13.4. The molecular formula is C20H30F2N4OS. The number of thiazole rings is 1. The lowest BCUT2D eigenvalue weighted by molar-refractivity contribution is -0.135. The van der Waals surface area contributed by atoms with Crippen molar-refractivity contribution in [2.24, 2.45) is 5.92 Å². The third-order valence-corrected chi connectivity index (χ3v) is 7.39. The number of nitrogens with zero attached hydrogens (tertiary/aromatic N) is 3. The van der Waals surface area contributed by atoms with Gasteiger partial charge in [0.05, 0.1) is 12.2 Å². The molecule has 0 spiro atoms. The Hall–Kier alpha value is -1.28. The summed E-state index contributed by atoms with van der Waals surface area (Å²) < 4.78 is 26.8. The van der Waals surface area contributed by atoms with E-state index in [0.717, 1.165) is 37.0 Å². The van der Waals surface area contributed by atoms with Gasteiger partial charge in [-0.1, -0.05) is 25.2 Å². The Balaban J connectivity index is 1.44. The third kappa shape index (κ3) is 4.17. The Morgan fingerprint density at radius 3 is 2.61 bits per heavy atom. The highest BCUT2D eigenvalue weighted by molar-refractivity contribution is 7.15. The van der Waals surface area contributed by atoms with Crippen LogP contribution in [-0.2, 0) is 16.8 Å². The van der Waals surface area contributed by atoms with E-state index in [1.807, 2.05) is 4.90 Å². The molecule has 0 aromatic carbocycles. The van der Waals surface area contributed by atoms with E-state index < -0.39 is 5.92 Å². The fourth-order valence-electron chi connectivity index (χ4n) is 4.60. The Bertz CT molecular complexity index is 720. The minimum Gasteiger partial charge on any atom is -0.346 e. The molecule has 1 saturated heterocycles. The Kier molecular flexibility index (Phi) is 5.37. The predicted molar refractivity (Wildman–Crippen MR) is 107 cm³/mol. The number of amides is 1. The topological polar surface area (TPSA) is 48.5 Å². The zero-order chi connectivity index (χ0) is 19.9. The van der Waals surface area contributed by atoms with Gasteiger partial charge in [0, 0.05) is 62.3 Å². The lowest BCUT2D eigenvalue weighted by Gasteiger charge is -2.38. The van der Waals surface area contributed by atoms with Crippen LogP contribution >= 0.6 is 11.3 Å². The number of hydrogen-bond donors (Lipinski definition) is 1. The molecule has 0 bridgehead atoms. The lowest BCUT2D eigenvalue weighted by atomic mass is 9.83. The van der Waals surface area contributed by atoms with Gasteiger partial charge in [-0.2, -0.15) is 0 Å². The van der Waals surface area contributed by atoms with E-state index >= 15 is 0 Å². The number of piperazine rings is 1. The zero-order valence-electron chi connectivity index (χ0n) is 16.8. The number of carbonyl (C=O) groups excluding carboxylic acids is 1. The molecule has 1 aliphatic carbocycles. The number of fused-ring (bicyclic) bond motifs is 1. The molecule has 1 N–H and O–H groups in total. The Labute approximate surface area is 169 Å². The minimum absolute atomic E-state index is 0.0799. The van der Waals surface area contributed by atoms with Gasteiger partial charge in [0.15, 0.2) is 5.13 Å². The summed E-state index contributed by atoms with van der Waals surface area (Å²) in [6.07, 6.45) is 1.14. The molecule has 0 radical (unpaired) electrons. The van der Waals surface area contributed by atoms with Gasteiger partial charge >= 0.3 is 0 Å². The highest BCUT2D eigenvalue weighted by Gasteiger charge is 2.40. The molecule has 1 aromatic rings. The maximum absolute atomic E-state index is 13.4. The molecule has 0 atom stereocenters. The van der Waals surface area contributed by atoms with Gasteiger partial charge < -0.3 is 15.1 Å². The first-order valence-electron chi connectivity index (χ1n) is 10.3. The average molecular weight is 413 g/mol. The number of alkyl halides is 2. The molecule has 28 heavy (non-hydrogen) atoms. The lowest BCUT2D eigenvalue weighted by Crippen LogP contribution is -2.45.